The van der Waals surface area contributed by atoms with Crippen molar-refractivity contribution in [3.05, 3.63) is 39.4 Å². The number of nitro groups is 1. The molecular weight excluding hydrogens is 294 g/mol. The van der Waals surface area contributed by atoms with Gasteiger partial charge in [-0.1, -0.05) is 0 Å². The quantitative estimate of drug-likeness (QED) is 0.635. The van der Waals surface area contributed by atoms with Gasteiger partial charge >= 0.3 is 0 Å². The third-order valence-electron chi connectivity index (χ3n) is 4.98. The summed E-state index contributed by atoms with van der Waals surface area (Å²) in [6.07, 6.45) is 4.69. The molecule has 2 saturated heterocycles. The van der Waals surface area contributed by atoms with Crippen LogP contribution in [0.3, 0.4) is 0 Å². The van der Waals surface area contributed by atoms with Gasteiger partial charge in [0.1, 0.15) is 0 Å². The molecular formula is C17H23N3O3. The zero-order chi connectivity index (χ0) is 16.4. The van der Waals surface area contributed by atoms with Gasteiger partial charge in [-0.25, -0.2) is 0 Å². The highest BCUT2D eigenvalue weighted by atomic mass is 16.6. The number of nitrogens with zero attached hydrogens (tertiary/aromatic N) is 3. The minimum Gasteiger partial charge on any atom is -0.337 e. The molecule has 2 fully saturated rings. The van der Waals surface area contributed by atoms with E-state index in [1.54, 1.807) is 19.1 Å². The second-order valence-corrected chi connectivity index (χ2v) is 6.55. The number of amides is 1. The topological polar surface area (TPSA) is 66.7 Å². The molecule has 0 aromatic heterocycles. The fourth-order valence-corrected chi connectivity index (χ4v) is 3.72. The molecule has 0 unspecified atom stereocenters. The maximum atomic E-state index is 12.7. The molecule has 0 bridgehead atoms. The lowest BCUT2D eigenvalue weighted by molar-refractivity contribution is -0.385. The fourth-order valence-electron chi connectivity index (χ4n) is 3.72. The van der Waals surface area contributed by atoms with E-state index in [0.29, 0.717) is 17.2 Å². The Labute approximate surface area is 136 Å². The maximum Gasteiger partial charge on any atom is 0.272 e. The molecule has 0 saturated carbocycles. The molecule has 1 atom stereocenters. The second-order valence-electron chi connectivity index (χ2n) is 6.55. The first-order chi connectivity index (χ1) is 11.1. The molecule has 124 valence electrons. The second kappa shape index (κ2) is 6.66. The van der Waals surface area contributed by atoms with Crippen LogP contribution in [0.1, 0.15) is 41.6 Å². The van der Waals surface area contributed by atoms with Gasteiger partial charge in [-0.05, 0) is 57.8 Å². The van der Waals surface area contributed by atoms with Gasteiger partial charge in [0.15, 0.2) is 0 Å². The van der Waals surface area contributed by atoms with Crippen molar-refractivity contribution in [1.82, 2.24) is 9.80 Å². The highest BCUT2D eigenvalue weighted by molar-refractivity contribution is 5.94. The van der Waals surface area contributed by atoms with Crippen molar-refractivity contribution in [2.24, 2.45) is 0 Å². The number of carbonyl (C=O) groups excluding carboxylic acids is 1. The summed E-state index contributed by atoms with van der Waals surface area (Å²) in [5, 5.41) is 10.9. The van der Waals surface area contributed by atoms with Crippen molar-refractivity contribution in [2.75, 3.05) is 26.2 Å². The Morgan fingerprint density at radius 2 is 1.96 bits per heavy atom. The van der Waals surface area contributed by atoms with E-state index in [9.17, 15) is 14.9 Å². The number of piperidine rings is 1. The van der Waals surface area contributed by atoms with E-state index >= 15 is 0 Å². The maximum absolute atomic E-state index is 12.7. The third-order valence-corrected chi connectivity index (χ3v) is 4.98. The van der Waals surface area contributed by atoms with E-state index in [0.717, 1.165) is 39.0 Å². The Morgan fingerprint density at radius 3 is 2.61 bits per heavy atom. The highest BCUT2D eigenvalue weighted by Crippen LogP contribution is 2.23. The van der Waals surface area contributed by atoms with E-state index in [2.05, 4.69) is 4.90 Å². The van der Waals surface area contributed by atoms with Crippen molar-refractivity contribution in [1.29, 1.82) is 0 Å². The third kappa shape index (κ3) is 3.37. The molecule has 6 heteroatoms. The normalized spacial score (nSPS) is 22.3. The molecule has 2 aliphatic heterocycles. The van der Waals surface area contributed by atoms with Gasteiger partial charge in [0.25, 0.3) is 11.6 Å². The summed E-state index contributed by atoms with van der Waals surface area (Å²) < 4.78 is 0. The van der Waals surface area contributed by atoms with E-state index in [1.165, 1.54) is 18.9 Å². The average Bonchev–Trinajstić information content (AvgIpc) is 3.08. The van der Waals surface area contributed by atoms with E-state index in [4.69, 9.17) is 0 Å². The minimum atomic E-state index is -0.409. The molecule has 3 rings (SSSR count). The summed E-state index contributed by atoms with van der Waals surface area (Å²) in [7, 11) is 0. The summed E-state index contributed by atoms with van der Waals surface area (Å²) in [5.74, 6) is -0.00750. The number of aryl methyl sites for hydroxylation is 1. The van der Waals surface area contributed by atoms with Crippen molar-refractivity contribution in [3.63, 3.8) is 0 Å². The van der Waals surface area contributed by atoms with Gasteiger partial charge in [0.2, 0.25) is 0 Å². The minimum absolute atomic E-state index is 0.00750. The Kier molecular flexibility index (Phi) is 4.61. The lowest BCUT2D eigenvalue weighted by atomic mass is 10.0. The van der Waals surface area contributed by atoms with E-state index in [-0.39, 0.29) is 11.6 Å². The molecule has 1 aromatic carbocycles. The average molecular weight is 317 g/mol. The van der Waals surface area contributed by atoms with Gasteiger partial charge < -0.3 is 4.90 Å². The van der Waals surface area contributed by atoms with Gasteiger partial charge in [-0.2, -0.15) is 0 Å². The number of rotatable bonds is 3. The van der Waals surface area contributed by atoms with E-state index < -0.39 is 4.92 Å². The summed E-state index contributed by atoms with van der Waals surface area (Å²) in [6, 6.07) is 5.12. The molecule has 0 radical (unpaired) electrons. The first-order valence-corrected chi connectivity index (χ1v) is 8.34. The zero-order valence-corrected chi connectivity index (χ0v) is 13.5. The smallest absolute Gasteiger partial charge is 0.272 e. The summed E-state index contributed by atoms with van der Waals surface area (Å²) in [4.78, 5) is 27.6. The van der Waals surface area contributed by atoms with Crippen LogP contribution >= 0.6 is 0 Å². The Hall–Kier alpha value is -1.95. The highest BCUT2D eigenvalue weighted by Gasteiger charge is 2.30. The zero-order valence-electron chi connectivity index (χ0n) is 13.5. The number of carbonyl (C=O) groups is 1. The Balaban J connectivity index is 1.72. The van der Waals surface area contributed by atoms with Gasteiger partial charge in [-0.3, -0.25) is 19.8 Å². The fraction of sp³-hybridized carbons (Fsp3) is 0.588. The van der Waals surface area contributed by atoms with Crippen molar-refractivity contribution in [2.45, 2.75) is 38.6 Å². The van der Waals surface area contributed by atoms with Crippen LogP contribution in [0.4, 0.5) is 5.69 Å². The summed E-state index contributed by atoms with van der Waals surface area (Å²) >= 11 is 0. The lowest BCUT2D eigenvalue weighted by Crippen LogP contribution is -2.49. The van der Waals surface area contributed by atoms with E-state index in [1.807, 2.05) is 4.90 Å². The van der Waals surface area contributed by atoms with Crippen LogP contribution in [0.2, 0.25) is 0 Å². The standard InChI is InChI=1S/C17H23N3O3/c1-13-11-14(6-7-16(13)20(22)23)17(21)19-10-4-5-15(12-19)18-8-2-3-9-18/h6-7,11,15H,2-5,8-10,12H2,1H3/t15-/m1/s1. The first kappa shape index (κ1) is 15.9. The van der Waals surface area contributed by atoms with Crippen molar-refractivity contribution < 1.29 is 9.72 Å². The van der Waals surface area contributed by atoms with Crippen LogP contribution in [0.15, 0.2) is 18.2 Å². The number of likely N-dealkylation sites (tertiary alicyclic amines) is 2. The monoisotopic (exact) mass is 317 g/mol. The Morgan fingerprint density at radius 1 is 1.22 bits per heavy atom. The van der Waals surface area contributed by atoms with Crippen LogP contribution in [0.25, 0.3) is 0 Å². The van der Waals surface area contributed by atoms with Crippen LogP contribution in [0.5, 0.6) is 0 Å². The van der Waals surface area contributed by atoms with Crippen LogP contribution in [0, 0.1) is 17.0 Å². The number of nitro benzene ring substituents is 1. The first-order valence-electron chi connectivity index (χ1n) is 8.34. The van der Waals surface area contributed by atoms with Crippen molar-refractivity contribution in [3.8, 4) is 0 Å². The number of hydrogen-bond donors (Lipinski definition) is 0. The van der Waals surface area contributed by atoms with Crippen LogP contribution < -0.4 is 0 Å². The predicted octanol–water partition coefficient (Wildman–Crippen LogP) is 2.60. The molecule has 1 aromatic rings. The van der Waals surface area contributed by atoms with Crippen LogP contribution in [-0.4, -0.2) is 52.9 Å². The van der Waals surface area contributed by atoms with Crippen molar-refractivity contribution >= 4 is 11.6 Å². The lowest BCUT2D eigenvalue weighted by Gasteiger charge is -2.37. The molecule has 0 N–H and O–H groups in total. The summed E-state index contributed by atoms with van der Waals surface area (Å²) in [5.41, 5.74) is 1.15. The van der Waals surface area contributed by atoms with Gasteiger partial charge in [0.05, 0.1) is 4.92 Å². The molecule has 1 amide bonds. The molecule has 2 heterocycles. The van der Waals surface area contributed by atoms with Crippen LogP contribution in [-0.2, 0) is 0 Å². The molecule has 6 nitrogen and oxygen atoms in total. The van der Waals surface area contributed by atoms with Gasteiger partial charge in [-0.15, -0.1) is 0 Å². The van der Waals surface area contributed by atoms with Gasteiger partial charge in [0, 0.05) is 36.3 Å². The Bertz CT molecular complexity index is 611. The SMILES string of the molecule is Cc1cc(C(=O)N2CCC[C@@H](N3CCCC3)C2)ccc1[N+](=O)[O-]. The number of hydrogen-bond acceptors (Lipinski definition) is 4. The molecule has 0 aliphatic carbocycles. The summed E-state index contributed by atoms with van der Waals surface area (Å²) in [6.45, 7) is 5.51. The molecule has 23 heavy (non-hydrogen) atoms. The number of benzene rings is 1. The largest absolute Gasteiger partial charge is 0.337 e. The molecule has 2 aliphatic rings. The predicted molar refractivity (Wildman–Crippen MR) is 87.6 cm³/mol. The molecule has 0 spiro atoms.